The maximum absolute atomic E-state index is 5.75. The van der Waals surface area contributed by atoms with E-state index in [1.54, 1.807) is 6.20 Å². The maximum atomic E-state index is 5.75. The monoisotopic (exact) mass is 274 g/mol. The Balaban J connectivity index is 2.04. The molecule has 0 aliphatic carbocycles. The molecule has 1 aromatic heterocycles. The molecule has 0 saturated heterocycles. The van der Waals surface area contributed by atoms with Crippen LogP contribution < -0.4 is 10.1 Å². The fraction of sp³-hybridized carbons (Fsp3) is 0.438. The molecular formula is C16H22N2O2. The van der Waals surface area contributed by atoms with E-state index in [4.69, 9.17) is 9.15 Å². The van der Waals surface area contributed by atoms with Gasteiger partial charge in [0.15, 0.2) is 5.76 Å². The Bertz CT molecular complexity index is 520. The molecule has 0 amide bonds. The summed E-state index contributed by atoms with van der Waals surface area (Å²) in [6.07, 6.45) is 3.98. The van der Waals surface area contributed by atoms with Crippen molar-refractivity contribution in [2.24, 2.45) is 0 Å². The number of oxazole rings is 1. The van der Waals surface area contributed by atoms with Crippen molar-refractivity contribution in [1.29, 1.82) is 0 Å². The molecule has 0 aliphatic heterocycles. The molecule has 2 rings (SSSR count). The van der Waals surface area contributed by atoms with Crippen LogP contribution in [0.4, 0.5) is 0 Å². The van der Waals surface area contributed by atoms with Crippen LogP contribution in [0.25, 0.3) is 11.3 Å². The molecular weight excluding hydrogens is 252 g/mol. The van der Waals surface area contributed by atoms with E-state index in [1.807, 2.05) is 38.2 Å². The third-order valence-corrected chi connectivity index (χ3v) is 3.23. The fourth-order valence-electron chi connectivity index (χ4n) is 1.79. The van der Waals surface area contributed by atoms with Gasteiger partial charge in [-0.3, -0.25) is 0 Å². The van der Waals surface area contributed by atoms with Gasteiger partial charge in [-0.25, -0.2) is 4.98 Å². The van der Waals surface area contributed by atoms with Crippen molar-refractivity contribution in [2.45, 2.75) is 32.7 Å². The van der Waals surface area contributed by atoms with Crippen LogP contribution in [0.1, 0.15) is 38.6 Å². The summed E-state index contributed by atoms with van der Waals surface area (Å²) in [6.45, 7) is 4.93. The number of rotatable bonds is 7. The molecule has 1 aromatic carbocycles. The van der Waals surface area contributed by atoms with Gasteiger partial charge in [-0.05, 0) is 44.7 Å². The van der Waals surface area contributed by atoms with Gasteiger partial charge in [0.25, 0.3) is 0 Å². The van der Waals surface area contributed by atoms with E-state index in [2.05, 4.69) is 17.2 Å². The first kappa shape index (κ1) is 14.6. The second-order valence-corrected chi connectivity index (χ2v) is 4.80. The average Bonchev–Trinajstić information content (AvgIpc) is 2.97. The van der Waals surface area contributed by atoms with E-state index >= 15 is 0 Å². The highest BCUT2D eigenvalue weighted by Gasteiger charge is 2.11. The van der Waals surface area contributed by atoms with Crippen molar-refractivity contribution >= 4 is 0 Å². The Labute approximate surface area is 120 Å². The Morgan fingerprint density at radius 2 is 2.05 bits per heavy atom. The molecule has 2 aromatic rings. The lowest BCUT2D eigenvalue weighted by molar-refractivity contribution is 0.309. The van der Waals surface area contributed by atoms with Crippen LogP contribution >= 0.6 is 0 Å². The molecule has 0 fully saturated rings. The second-order valence-electron chi connectivity index (χ2n) is 4.80. The normalized spacial score (nSPS) is 12.3. The van der Waals surface area contributed by atoms with Gasteiger partial charge in [0.2, 0.25) is 5.89 Å². The fourth-order valence-corrected chi connectivity index (χ4v) is 1.79. The Morgan fingerprint density at radius 1 is 1.30 bits per heavy atom. The Kier molecular flexibility index (Phi) is 5.18. The third kappa shape index (κ3) is 3.61. The molecule has 20 heavy (non-hydrogen) atoms. The van der Waals surface area contributed by atoms with Crippen molar-refractivity contribution in [1.82, 2.24) is 10.3 Å². The quantitative estimate of drug-likeness (QED) is 0.780. The number of nitrogens with zero attached hydrogens (tertiary/aromatic N) is 1. The first-order valence-electron chi connectivity index (χ1n) is 7.10. The molecule has 0 saturated carbocycles. The zero-order valence-electron chi connectivity index (χ0n) is 12.3. The van der Waals surface area contributed by atoms with Crippen LogP contribution in [-0.2, 0) is 0 Å². The molecule has 0 radical (unpaired) electrons. The van der Waals surface area contributed by atoms with E-state index in [9.17, 15) is 0 Å². The predicted molar refractivity (Wildman–Crippen MR) is 79.8 cm³/mol. The van der Waals surface area contributed by atoms with Gasteiger partial charge in [-0.15, -0.1) is 0 Å². The molecule has 4 heteroatoms. The number of ether oxygens (including phenoxy) is 1. The van der Waals surface area contributed by atoms with E-state index in [-0.39, 0.29) is 6.04 Å². The highest BCUT2D eigenvalue weighted by atomic mass is 16.5. The molecule has 0 aliphatic rings. The van der Waals surface area contributed by atoms with Crippen molar-refractivity contribution in [3.05, 3.63) is 36.4 Å². The van der Waals surface area contributed by atoms with Crippen LogP contribution in [0.5, 0.6) is 5.75 Å². The van der Waals surface area contributed by atoms with Gasteiger partial charge in [0.05, 0.1) is 18.8 Å². The summed E-state index contributed by atoms with van der Waals surface area (Å²) in [5, 5.41) is 3.11. The summed E-state index contributed by atoms with van der Waals surface area (Å²) in [4.78, 5) is 4.29. The number of benzene rings is 1. The van der Waals surface area contributed by atoms with Crippen molar-refractivity contribution in [3.8, 4) is 17.1 Å². The summed E-state index contributed by atoms with van der Waals surface area (Å²) < 4.78 is 11.4. The highest BCUT2D eigenvalue weighted by molar-refractivity contribution is 5.57. The molecule has 4 nitrogen and oxygen atoms in total. The molecule has 1 N–H and O–H groups in total. The number of hydrogen-bond donors (Lipinski definition) is 1. The smallest absolute Gasteiger partial charge is 0.211 e. The zero-order valence-corrected chi connectivity index (χ0v) is 12.3. The predicted octanol–water partition coefficient (Wildman–Crippen LogP) is 3.80. The number of nitrogens with one attached hydrogen (secondary N) is 1. The van der Waals surface area contributed by atoms with Gasteiger partial charge in [-0.2, -0.15) is 0 Å². The third-order valence-electron chi connectivity index (χ3n) is 3.23. The van der Waals surface area contributed by atoms with Gasteiger partial charge in [0, 0.05) is 5.56 Å². The van der Waals surface area contributed by atoms with Gasteiger partial charge < -0.3 is 14.5 Å². The summed E-state index contributed by atoms with van der Waals surface area (Å²) >= 11 is 0. The van der Waals surface area contributed by atoms with Crippen LogP contribution in [0.3, 0.4) is 0 Å². The van der Waals surface area contributed by atoms with Gasteiger partial charge in [0.1, 0.15) is 5.75 Å². The van der Waals surface area contributed by atoms with Gasteiger partial charge >= 0.3 is 0 Å². The average molecular weight is 274 g/mol. The molecule has 1 heterocycles. The summed E-state index contributed by atoms with van der Waals surface area (Å²) in [7, 11) is 1.89. The molecule has 1 atom stereocenters. The lowest BCUT2D eigenvalue weighted by Gasteiger charge is -2.06. The van der Waals surface area contributed by atoms with Crippen LogP contribution in [-0.4, -0.2) is 18.6 Å². The number of hydrogen-bond acceptors (Lipinski definition) is 4. The zero-order chi connectivity index (χ0) is 14.4. The molecule has 0 spiro atoms. The number of aromatic nitrogens is 1. The minimum absolute atomic E-state index is 0.111. The SMILES string of the molecule is CCCCOc1ccc(-c2cnc(C(C)NC)o2)cc1. The molecule has 108 valence electrons. The summed E-state index contributed by atoms with van der Waals surface area (Å²) in [5.74, 6) is 2.37. The largest absolute Gasteiger partial charge is 0.494 e. The molecule has 0 bridgehead atoms. The van der Waals surface area contributed by atoms with Gasteiger partial charge in [-0.1, -0.05) is 13.3 Å². The van der Waals surface area contributed by atoms with E-state index in [1.165, 1.54) is 0 Å². The maximum Gasteiger partial charge on any atom is 0.211 e. The minimum atomic E-state index is 0.111. The summed E-state index contributed by atoms with van der Waals surface area (Å²) in [5.41, 5.74) is 1.01. The van der Waals surface area contributed by atoms with Crippen LogP contribution in [0, 0.1) is 0 Å². The standard InChI is InChI=1S/C16H22N2O2/c1-4-5-10-19-14-8-6-13(7-9-14)15-11-18-16(20-15)12(2)17-3/h6-9,11-12,17H,4-5,10H2,1-3H3. The Hall–Kier alpha value is -1.81. The lowest BCUT2D eigenvalue weighted by atomic mass is 10.2. The lowest BCUT2D eigenvalue weighted by Crippen LogP contribution is -2.12. The van der Waals surface area contributed by atoms with E-state index in [0.717, 1.165) is 36.5 Å². The van der Waals surface area contributed by atoms with Crippen LogP contribution in [0.15, 0.2) is 34.9 Å². The minimum Gasteiger partial charge on any atom is -0.494 e. The number of unbranched alkanes of at least 4 members (excludes halogenated alkanes) is 1. The first-order valence-corrected chi connectivity index (χ1v) is 7.10. The topological polar surface area (TPSA) is 47.3 Å². The van der Waals surface area contributed by atoms with Crippen molar-refractivity contribution in [2.75, 3.05) is 13.7 Å². The van der Waals surface area contributed by atoms with Crippen molar-refractivity contribution < 1.29 is 9.15 Å². The van der Waals surface area contributed by atoms with Crippen LogP contribution in [0.2, 0.25) is 0 Å². The Morgan fingerprint density at radius 3 is 2.70 bits per heavy atom. The summed E-state index contributed by atoms with van der Waals surface area (Å²) in [6, 6.07) is 8.04. The van der Waals surface area contributed by atoms with E-state index in [0.29, 0.717) is 5.89 Å². The second kappa shape index (κ2) is 7.10. The van der Waals surface area contributed by atoms with Crippen molar-refractivity contribution in [3.63, 3.8) is 0 Å². The highest BCUT2D eigenvalue weighted by Crippen LogP contribution is 2.25. The first-order chi connectivity index (χ1) is 9.74. The molecule has 1 unspecified atom stereocenters. The van der Waals surface area contributed by atoms with E-state index < -0.39 is 0 Å².